The standard InChI is InChI=1S/C20H22FN3O2/c1-24(2)14-20(26)23-18-5-3-4-16(12-18)13-22-19(25)11-8-15-6-9-17(21)10-7-15/h3-12H,13-14H2,1-2H3,(H,22,25)(H,23,26). The average molecular weight is 355 g/mol. The van der Waals surface area contributed by atoms with Crippen LogP contribution in [-0.2, 0) is 16.1 Å². The van der Waals surface area contributed by atoms with E-state index < -0.39 is 0 Å². The number of hydrogen-bond donors (Lipinski definition) is 2. The highest BCUT2D eigenvalue weighted by Gasteiger charge is 2.04. The van der Waals surface area contributed by atoms with Crippen LogP contribution in [0.4, 0.5) is 10.1 Å². The minimum atomic E-state index is -0.316. The number of benzene rings is 2. The van der Waals surface area contributed by atoms with E-state index in [0.717, 1.165) is 11.1 Å². The van der Waals surface area contributed by atoms with Gasteiger partial charge in [0.15, 0.2) is 0 Å². The van der Waals surface area contributed by atoms with Gasteiger partial charge in [0.25, 0.3) is 0 Å². The van der Waals surface area contributed by atoms with Gasteiger partial charge in [-0.15, -0.1) is 0 Å². The Morgan fingerprint density at radius 2 is 1.85 bits per heavy atom. The van der Waals surface area contributed by atoms with Gasteiger partial charge in [-0.2, -0.15) is 0 Å². The fourth-order valence-corrected chi connectivity index (χ4v) is 2.24. The summed E-state index contributed by atoms with van der Waals surface area (Å²) in [5.41, 5.74) is 2.30. The van der Waals surface area contributed by atoms with Crippen LogP contribution in [0.3, 0.4) is 0 Å². The Morgan fingerprint density at radius 3 is 2.54 bits per heavy atom. The summed E-state index contributed by atoms with van der Waals surface area (Å²) >= 11 is 0. The Kier molecular flexibility index (Phi) is 7.05. The van der Waals surface area contributed by atoms with Crippen LogP contribution in [-0.4, -0.2) is 37.4 Å². The highest BCUT2D eigenvalue weighted by atomic mass is 19.1. The largest absolute Gasteiger partial charge is 0.348 e. The Hall–Kier alpha value is -2.99. The summed E-state index contributed by atoms with van der Waals surface area (Å²) in [6.07, 6.45) is 3.02. The SMILES string of the molecule is CN(C)CC(=O)Nc1cccc(CNC(=O)C=Cc2ccc(F)cc2)c1. The number of amides is 2. The molecule has 0 bridgehead atoms. The summed E-state index contributed by atoms with van der Waals surface area (Å²) in [6.45, 7) is 0.638. The van der Waals surface area contributed by atoms with Crippen LogP contribution in [0.25, 0.3) is 6.08 Å². The maximum Gasteiger partial charge on any atom is 0.244 e. The first-order valence-corrected chi connectivity index (χ1v) is 8.17. The van der Waals surface area contributed by atoms with E-state index >= 15 is 0 Å². The Labute approximate surface area is 152 Å². The number of halogens is 1. The fourth-order valence-electron chi connectivity index (χ4n) is 2.24. The Bertz CT molecular complexity index is 786. The molecule has 0 aliphatic carbocycles. The zero-order valence-electron chi connectivity index (χ0n) is 14.8. The molecule has 2 aromatic rings. The molecule has 0 unspecified atom stereocenters. The molecule has 0 saturated heterocycles. The Balaban J connectivity index is 1.86. The van der Waals surface area contributed by atoms with E-state index in [1.165, 1.54) is 18.2 Å². The minimum absolute atomic E-state index is 0.0987. The normalized spacial score (nSPS) is 10.9. The van der Waals surface area contributed by atoms with Gasteiger partial charge in [0.1, 0.15) is 5.82 Å². The van der Waals surface area contributed by atoms with Crippen molar-refractivity contribution in [3.63, 3.8) is 0 Å². The third-order valence-electron chi connectivity index (χ3n) is 3.43. The first-order valence-electron chi connectivity index (χ1n) is 8.17. The van der Waals surface area contributed by atoms with Crippen molar-refractivity contribution in [2.24, 2.45) is 0 Å². The van der Waals surface area contributed by atoms with Crippen molar-refractivity contribution in [1.82, 2.24) is 10.2 Å². The van der Waals surface area contributed by atoms with E-state index in [4.69, 9.17) is 0 Å². The molecule has 0 saturated carbocycles. The molecule has 0 radical (unpaired) electrons. The van der Waals surface area contributed by atoms with Gasteiger partial charge < -0.3 is 15.5 Å². The van der Waals surface area contributed by atoms with Crippen LogP contribution >= 0.6 is 0 Å². The van der Waals surface area contributed by atoms with Crippen molar-refractivity contribution >= 4 is 23.6 Å². The third-order valence-corrected chi connectivity index (χ3v) is 3.43. The van der Waals surface area contributed by atoms with Crippen molar-refractivity contribution in [3.8, 4) is 0 Å². The second kappa shape index (κ2) is 9.48. The van der Waals surface area contributed by atoms with E-state index in [9.17, 15) is 14.0 Å². The molecule has 0 spiro atoms. The van der Waals surface area contributed by atoms with Gasteiger partial charge in [-0.3, -0.25) is 9.59 Å². The molecule has 5 nitrogen and oxygen atoms in total. The summed E-state index contributed by atoms with van der Waals surface area (Å²) < 4.78 is 12.8. The number of nitrogens with one attached hydrogen (secondary N) is 2. The molecule has 0 aromatic heterocycles. The van der Waals surface area contributed by atoms with Crippen molar-refractivity contribution in [2.75, 3.05) is 26.0 Å². The van der Waals surface area contributed by atoms with Crippen LogP contribution in [0.5, 0.6) is 0 Å². The maximum absolute atomic E-state index is 12.8. The molecular formula is C20H22FN3O2. The fraction of sp³-hybridized carbons (Fsp3) is 0.200. The van der Waals surface area contributed by atoms with Gasteiger partial charge in [-0.05, 0) is 55.6 Å². The number of rotatable bonds is 7. The van der Waals surface area contributed by atoms with E-state index in [1.807, 2.05) is 32.3 Å². The summed E-state index contributed by atoms with van der Waals surface area (Å²) in [5, 5.41) is 5.59. The van der Waals surface area contributed by atoms with Gasteiger partial charge in [-0.1, -0.05) is 24.3 Å². The highest BCUT2D eigenvalue weighted by Crippen LogP contribution is 2.11. The lowest BCUT2D eigenvalue weighted by atomic mass is 10.2. The first kappa shape index (κ1) is 19.3. The molecule has 0 atom stereocenters. The summed E-state index contributed by atoms with van der Waals surface area (Å²) in [4.78, 5) is 25.5. The van der Waals surface area contributed by atoms with Crippen LogP contribution < -0.4 is 10.6 Å². The van der Waals surface area contributed by atoms with Crippen molar-refractivity contribution in [3.05, 3.63) is 71.6 Å². The summed E-state index contributed by atoms with van der Waals surface area (Å²) in [5.74, 6) is -0.668. The van der Waals surface area contributed by atoms with E-state index in [0.29, 0.717) is 18.8 Å². The zero-order chi connectivity index (χ0) is 18.9. The van der Waals surface area contributed by atoms with Gasteiger partial charge in [-0.25, -0.2) is 4.39 Å². The highest BCUT2D eigenvalue weighted by molar-refractivity contribution is 5.92. The predicted octanol–water partition coefficient (Wildman–Crippen LogP) is 2.66. The van der Waals surface area contributed by atoms with Gasteiger partial charge in [0.2, 0.25) is 11.8 Å². The number of carbonyl (C=O) groups is 2. The van der Waals surface area contributed by atoms with Crippen molar-refractivity contribution in [2.45, 2.75) is 6.54 Å². The molecule has 2 N–H and O–H groups in total. The number of hydrogen-bond acceptors (Lipinski definition) is 3. The predicted molar refractivity (Wildman–Crippen MR) is 101 cm³/mol. The summed E-state index contributed by atoms with van der Waals surface area (Å²) in [7, 11) is 3.65. The lowest BCUT2D eigenvalue weighted by Crippen LogP contribution is -2.27. The third kappa shape index (κ3) is 6.86. The maximum atomic E-state index is 12.8. The lowest BCUT2D eigenvalue weighted by molar-refractivity contribution is -0.117. The van der Waals surface area contributed by atoms with Gasteiger partial charge in [0, 0.05) is 18.3 Å². The molecule has 2 amide bonds. The van der Waals surface area contributed by atoms with Crippen molar-refractivity contribution < 1.29 is 14.0 Å². The molecule has 0 aliphatic rings. The minimum Gasteiger partial charge on any atom is -0.348 e. The average Bonchev–Trinajstić information content (AvgIpc) is 2.59. The van der Waals surface area contributed by atoms with Gasteiger partial charge >= 0.3 is 0 Å². The molecule has 6 heteroatoms. The second-order valence-corrected chi connectivity index (χ2v) is 6.09. The molecule has 0 fully saturated rings. The van der Waals surface area contributed by atoms with Crippen LogP contribution in [0.15, 0.2) is 54.6 Å². The Morgan fingerprint density at radius 1 is 1.12 bits per heavy atom. The monoisotopic (exact) mass is 355 g/mol. The van der Waals surface area contributed by atoms with Gasteiger partial charge in [0.05, 0.1) is 6.54 Å². The molecule has 0 aliphatic heterocycles. The molecule has 136 valence electrons. The van der Waals surface area contributed by atoms with Crippen LogP contribution in [0.2, 0.25) is 0 Å². The quantitative estimate of drug-likeness (QED) is 0.751. The molecular weight excluding hydrogens is 333 g/mol. The summed E-state index contributed by atoms with van der Waals surface area (Å²) in [6, 6.07) is 13.2. The number of likely N-dealkylation sites (N-methyl/N-ethyl adjacent to an activating group) is 1. The zero-order valence-corrected chi connectivity index (χ0v) is 14.8. The molecule has 0 heterocycles. The van der Waals surface area contributed by atoms with Crippen molar-refractivity contribution in [1.29, 1.82) is 0 Å². The molecule has 2 aromatic carbocycles. The van der Waals surface area contributed by atoms with E-state index in [-0.39, 0.29) is 17.6 Å². The number of carbonyl (C=O) groups excluding carboxylic acids is 2. The van der Waals surface area contributed by atoms with Crippen LogP contribution in [0.1, 0.15) is 11.1 Å². The molecule has 2 rings (SSSR count). The van der Waals surface area contributed by atoms with E-state index in [2.05, 4.69) is 10.6 Å². The van der Waals surface area contributed by atoms with Crippen LogP contribution in [0, 0.1) is 5.82 Å². The van der Waals surface area contributed by atoms with E-state index in [1.54, 1.807) is 29.2 Å². The topological polar surface area (TPSA) is 61.4 Å². The second-order valence-electron chi connectivity index (χ2n) is 6.09. The smallest absolute Gasteiger partial charge is 0.244 e. The number of anilines is 1. The first-order chi connectivity index (χ1) is 12.4. The molecule has 26 heavy (non-hydrogen) atoms. The number of nitrogens with zero attached hydrogens (tertiary/aromatic N) is 1. The lowest BCUT2D eigenvalue weighted by Gasteiger charge is -2.11.